The predicted octanol–water partition coefficient (Wildman–Crippen LogP) is 3.09. The van der Waals surface area contributed by atoms with Gasteiger partial charge in [0, 0.05) is 0 Å². The van der Waals surface area contributed by atoms with Crippen molar-refractivity contribution in [3.8, 4) is 0 Å². The van der Waals surface area contributed by atoms with Crippen molar-refractivity contribution in [1.82, 2.24) is 0 Å². The van der Waals surface area contributed by atoms with Crippen LogP contribution in [0.4, 0.5) is 0 Å². The van der Waals surface area contributed by atoms with E-state index in [0.29, 0.717) is 0 Å². The van der Waals surface area contributed by atoms with Crippen LogP contribution in [0.25, 0.3) is 0 Å². The molecule has 0 fully saturated rings. The van der Waals surface area contributed by atoms with Crippen molar-refractivity contribution in [1.29, 1.82) is 0 Å². The molecule has 0 saturated carbocycles. The molecule has 2 aromatic carbocycles. The quantitative estimate of drug-likeness (QED) is 0.813. The van der Waals surface area contributed by atoms with E-state index in [4.69, 9.17) is 0 Å². The van der Waals surface area contributed by atoms with E-state index in [9.17, 15) is 0 Å². The van der Waals surface area contributed by atoms with Crippen LogP contribution in [0.2, 0.25) is 0 Å². The van der Waals surface area contributed by atoms with Gasteiger partial charge in [0.1, 0.15) is 0 Å². The zero-order valence-electron chi connectivity index (χ0n) is 8.77. The van der Waals surface area contributed by atoms with E-state index in [2.05, 4.69) is 60.7 Å². The molecule has 73 valence electrons. The summed E-state index contributed by atoms with van der Waals surface area (Å²) >= 11 is -0.433. The average Bonchev–Trinajstić information content (AvgIpc) is 2.32. The Morgan fingerprint density at radius 1 is 0.600 bits per heavy atom. The van der Waals surface area contributed by atoms with Gasteiger partial charge in [0.05, 0.1) is 0 Å². The second-order valence-corrected chi connectivity index (χ2v) is 7.65. The summed E-state index contributed by atoms with van der Waals surface area (Å²) in [7, 11) is 0. The molecule has 0 N–H and O–H groups in total. The number of hydrogen-bond donors (Lipinski definition) is 0. The zero-order chi connectivity index (χ0) is 10.3. The number of rotatable bonds is 4. The molecule has 0 aliphatic rings. The van der Waals surface area contributed by atoms with Crippen molar-refractivity contribution in [2.45, 2.75) is 8.35 Å². The molecular formula is C14H14In. The molecule has 0 nitrogen and oxygen atoms in total. The third-order valence-electron chi connectivity index (χ3n) is 2.45. The second-order valence-electron chi connectivity index (χ2n) is 3.67. The molecule has 2 aromatic rings. The monoisotopic (exact) mass is 297 g/mol. The van der Waals surface area contributed by atoms with E-state index >= 15 is 0 Å². The summed E-state index contributed by atoms with van der Waals surface area (Å²) in [6.45, 7) is 0. The van der Waals surface area contributed by atoms with Crippen LogP contribution in [0.3, 0.4) is 0 Å². The third kappa shape index (κ3) is 3.75. The molecule has 0 amide bonds. The first-order valence-electron chi connectivity index (χ1n) is 5.34. The molecule has 0 unspecified atom stereocenters. The maximum atomic E-state index is 2.25. The summed E-state index contributed by atoms with van der Waals surface area (Å²) < 4.78 is 2.73. The summed E-state index contributed by atoms with van der Waals surface area (Å²) in [6, 6.07) is 21.7. The van der Waals surface area contributed by atoms with Crippen LogP contribution in [-0.2, 0) is 8.35 Å². The van der Waals surface area contributed by atoms with Gasteiger partial charge in [-0.1, -0.05) is 0 Å². The Morgan fingerprint density at radius 2 is 1.00 bits per heavy atom. The Balaban J connectivity index is 1.81. The van der Waals surface area contributed by atoms with Crippen molar-refractivity contribution in [2.75, 3.05) is 0 Å². The van der Waals surface area contributed by atoms with Gasteiger partial charge in [-0.2, -0.15) is 0 Å². The third-order valence-corrected chi connectivity index (χ3v) is 6.78. The van der Waals surface area contributed by atoms with Crippen molar-refractivity contribution < 1.29 is 0 Å². The van der Waals surface area contributed by atoms with E-state index in [1.165, 1.54) is 19.5 Å². The van der Waals surface area contributed by atoms with Gasteiger partial charge >= 0.3 is 103 Å². The summed E-state index contributed by atoms with van der Waals surface area (Å²) in [5.74, 6) is 0. The van der Waals surface area contributed by atoms with Gasteiger partial charge in [-0.25, -0.2) is 0 Å². The first-order chi connectivity index (χ1) is 7.45. The molecule has 2 rings (SSSR count). The Hall–Kier alpha value is -0.690. The minimum atomic E-state index is -0.433. The van der Waals surface area contributed by atoms with Gasteiger partial charge in [-0.3, -0.25) is 0 Å². The average molecular weight is 297 g/mol. The van der Waals surface area contributed by atoms with E-state index in [-0.39, 0.29) is 0 Å². The molecule has 1 heteroatoms. The maximum absolute atomic E-state index is 2.25. The molecule has 0 heterocycles. The van der Waals surface area contributed by atoms with Crippen LogP contribution >= 0.6 is 0 Å². The zero-order valence-corrected chi connectivity index (χ0v) is 12.1. The fourth-order valence-corrected chi connectivity index (χ4v) is 5.50. The number of hydrogen-bond acceptors (Lipinski definition) is 0. The van der Waals surface area contributed by atoms with Crippen molar-refractivity contribution in [3.05, 3.63) is 71.8 Å². The number of benzene rings is 2. The molecule has 15 heavy (non-hydrogen) atoms. The van der Waals surface area contributed by atoms with Gasteiger partial charge in [0.25, 0.3) is 0 Å². The molecule has 0 aliphatic heterocycles. The first kappa shape index (κ1) is 10.8. The van der Waals surface area contributed by atoms with Crippen LogP contribution in [-0.4, -0.2) is 22.9 Å². The van der Waals surface area contributed by atoms with Gasteiger partial charge in [-0.15, -0.1) is 0 Å². The molecule has 0 saturated heterocycles. The Bertz CT molecular complexity index is 341. The normalized spacial score (nSPS) is 9.87. The van der Waals surface area contributed by atoms with E-state index in [0.717, 1.165) is 0 Å². The molecule has 0 aliphatic carbocycles. The van der Waals surface area contributed by atoms with E-state index in [1.807, 2.05) is 0 Å². The fourth-order valence-electron chi connectivity index (χ4n) is 1.63. The molecule has 0 bridgehead atoms. The predicted molar refractivity (Wildman–Crippen MR) is 66.0 cm³/mol. The van der Waals surface area contributed by atoms with Gasteiger partial charge in [0.15, 0.2) is 0 Å². The Morgan fingerprint density at radius 3 is 1.40 bits per heavy atom. The summed E-state index contributed by atoms with van der Waals surface area (Å²) in [4.78, 5) is 0. The second kappa shape index (κ2) is 6.02. The van der Waals surface area contributed by atoms with Crippen LogP contribution in [0.5, 0.6) is 0 Å². The molecule has 0 atom stereocenters. The Kier molecular flexibility index (Phi) is 4.34. The molecule has 0 spiro atoms. The fraction of sp³-hybridized carbons (Fsp3) is 0.143. The van der Waals surface area contributed by atoms with Crippen molar-refractivity contribution in [3.63, 3.8) is 0 Å². The standard InChI is InChI=1S/2C7H7.In/c2*1-7-5-3-2-4-6-7;/h2*2-6H,1H2;. The minimum absolute atomic E-state index is 0.433. The van der Waals surface area contributed by atoms with Crippen molar-refractivity contribution >= 4 is 22.9 Å². The van der Waals surface area contributed by atoms with Crippen LogP contribution in [0.15, 0.2) is 60.7 Å². The summed E-state index contributed by atoms with van der Waals surface area (Å²) in [5.41, 5.74) is 3.05. The molecule has 0 aromatic heterocycles. The molecular weight excluding hydrogens is 283 g/mol. The first-order valence-corrected chi connectivity index (χ1v) is 10.0. The summed E-state index contributed by atoms with van der Waals surface area (Å²) in [5, 5.41) is 0. The van der Waals surface area contributed by atoms with Crippen molar-refractivity contribution in [2.24, 2.45) is 0 Å². The van der Waals surface area contributed by atoms with Gasteiger partial charge in [-0.05, 0) is 0 Å². The van der Waals surface area contributed by atoms with Crippen LogP contribution < -0.4 is 0 Å². The van der Waals surface area contributed by atoms with Gasteiger partial charge < -0.3 is 0 Å². The summed E-state index contributed by atoms with van der Waals surface area (Å²) in [6.07, 6.45) is 0. The van der Waals surface area contributed by atoms with E-state index < -0.39 is 22.9 Å². The van der Waals surface area contributed by atoms with E-state index in [1.54, 1.807) is 0 Å². The Labute approximate surface area is 103 Å². The van der Waals surface area contributed by atoms with Crippen LogP contribution in [0.1, 0.15) is 11.1 Å². The topological polar surface area (TPSA) is 0 Å². The SMILES string of the molecule is c1ccc([CH2][In][CH2]c2ccccc2)cc1. The van der Waals surface area contributed by atoms with Gasteiger partial charge in [0.2, 0.25) is 0 Å². The molecule has 1 radical (unpaired) electrons. The van der Waals surface area contributed by atoms with Crippen LogP contribution in [0, 0.1) is 0 Å².